The number of carboxylic acids is 1. The van der Waals surface area contributed by atoms with Crippen LogP contribution in [0.4, 0.5) is 0 Å². The zero-order chi connectivity index (χ0) is 13.1. The molecule has 4 aliphatic rings. The Morgan fingerprint density at radius 3 is 2.26 bits per heavy atom. The summed E-state index contributed by atoms with van der Waals surface area (Å²) in [6.07, 6.45) is 6.40. The largest absolute Gasteiger partial charge is 0.481 e. The highest BCUT2D eigenvalue weighted by molar-refractivity contribution is 5.76. The third kappa shape index (κ3) is 1.52. The lowest BCUT2D eigenvalue weighted by atomic mass is 9.43. The lowest BCUT2D eigenvalue weighted by molar-refractivity contribution is -0.167. The molecule has 0 aliphatic heterocycles. The maximum atomic E-state index is 11.8. The Balaban J connectivity index is 1.80. The van der Waals surface area contributed by atoms with E-state index in [1.807, 2.05) is 0 Å². The molecule has 2 nitrogen and oxygen atoms in total. The van der Waals surface area contributed by atoms with Crippen molar-refractivity contribution in [2.75, 3.05) is 0 Å². The summed E-state index contributed by atoms with van der Waals surface area (Å²) in [5, 5.41) is 9.74. The van der Waals surface area contributed by atoms with Crippen molar-refractivity contribution in [3.8, 4) is 0 Å². The number of benzene rings is 1. The summed E-state index contributed by atoms with van der Waals surface area (Å²) in [6, 6.07) is 10.7. The maximum Gasteiger partial charge on any atom is 0.309 e. The van der Waals surface area contributed by atoms with Crippen molar-refractivity contribution in [3.63, 3.8) is 0 Å². The van der Waals surface area contributed by atoms with Crippen molar-refractivity contribution < 1.29 is 9.90 Å². The van der Waals surface area contributed by atoms with Crippen LogP contribution in [0.25, 0.3) is 0 Å². The minimum absolute atomic E-state index is 0.156. The second-order valence-corrected chi connectivity index (χ2v) is 7.19. The van der Waals surface area contributed by atoms with Gasteiger partial charge in [-0.15, -0.1) is 0 Å². The van der Waals surface area contributed by atoms with Crippen LogP contribution in [-0.2, 0) is 10.2 Å². The van der Waals surface area contributed by atoms with E-state index in [4.69, 9.17) is 0 Å². The number of carbonyl (C=O) groups is 1. The second-order valence-electron chi connectivity index (χ2n) is 7.19. The van der Waals surface area contributed by atoms with Crippen LogP contribution in [0, 0.1) is 17.3 Å². The Kier molecular flexibility index (Phi) is 2.19. The molecular weight excluding hydrogens is 236 g/mol. The van der Waals surface area contributed by atoms with Gasteiger partial charge in [0, 0.05) is 0 Å². The molecule has 4 atom stereocenters. The summed E-state index contributed by atoms with van der Waals surface area (Å²) in [5.41, 5.74) is 1.12. The number of hydrogen-bond donors (Lipinski definition) is 1. The molecule has 0 spiro atoms. The Hall–Kier alpha value is -1.31. The predicted molar refractivity (Wildman–Crippen MR) is 72.9 cm³/mol. The van der Waals surface area contributed by atoms with Gasteiger partial charge in [-0.05, 0) is 61.3 Å². The molecule has 4 bridgehead atoms. The Morgan fingerprint density at radius 2 is 1.68 bits per heavy atom. The quantitative estimate of drug-likeness (QED) is 0.877. The molecule has 5 rings (SSSR count). The molecule has 1 aromatic rings. The molecule has 2 unspecified atom stereocenters. The molecule has 19 heavy (non-hydrogen) atoms. The first-order valence-corrected chi connectivity index (χ1v) is 7.41. The summed E-state index contributed by atoms with van der Waals surface area (Å²) in [6.45, 7) is 0. The lowest BCUT2D eigenvalue weighted by Crippen LogP contribution is -2.56. The molecule has 2 heteroatoms. The fraction of sp³-hybridized carbons (Fsp3) is 0.588. The van der Waals surface area contributed by atoms with Gasteiger partial charge in [-0.1, -0.05) is 30.3 Å². The van der Waals surface area contributed by atoms with Crippen LogP contribution in [0.1, 0.15) is 44.1 Å². The van der Waals surface area contributed by atoms with Crippen LogP contribution in [-0.4, -0.2) is 11.1 Å². The van der Waals surface area contributed by atoms with Gasteiger partial charge in [0.05, 0.1) is 5.41 Å². The highest BCUT2D eigenvalue weighted by Gasteiger charge is 2.61. The summed E-state index contributed by atoms with van der Waals surface area (Å²) >= 11 is 0. The molecule has 1 aromatic carbocycles. The number of carboxylic acid groups (broad SMARTS) is 1. The Labute approximate surface area is 113 Å². The van der Waals surface area contributed by atoms with Gasteiger partial charge >= 0.3 is 5.97 Å². The molecule has 1 N–H and O–H groups in total. The minimum Gasteiger partial charge on any atom is -0.481 e. The molecular formula is C17H20O2. The first kappa shape index (κ1) is 11.5. The second kappa shape index (κ2) is 3.62. The smallest absolute Gasteiger partial charge is 0.309 e. The zero-order valence-electron chi connectivity index (χ0n) is 11.1. The number of hydrogen-bond acceptors (Lipinski definition) is 1. The van der Waals surface area contributed by atoms with Crippen molar-refractivity contribution in [1.82, 2.24) is 0 Å². The van der Waals surface area contributed by atoms with Crippen LogP contribution in [0.3, 0.4) is 0 Å². The Morgan fingerprint density at radius 1 is 1.05 bits per heavy atom. The maximum absolute atomic E-state index is 11.8. The molecule has 0 heterocycles. The van der Waals surface area contributed by atoms with Crippen molar-refractivity contribution in [2.45, 2.75) is 43.9 Å². The minimum atomic E-state index is -0.540. The molecule has 0 amide bonds. The number of rotatable bonds is 2. The van der Waals surface area contributed by atoms with Crippen LogP contribution in [0.15, 0.2) is 30.3 Å². The third-order valence-electron chi connectivity index (χ3n) is 5.90. The van der Waals surface area contributed by atoms with E-state index in [0.29, 0.717) is 11.8 Å². The van der Waals surface area contributed by atoms with E-state index in [1.165, 1.54) is 24.8 Å². The van der Waals surface area contributed by atoms with Crippen molar-refractivity contribution in [2.24, 2.45) is 17.3 Å². The SMILES string of the molecule is O=C(O)C12C[C@H]3C[C@@H](C1)CC(c1ccccc1)(C3)C2. The Bertz CT molecular complexity index is 505. The first-order valence-electron chi connectivity index (χ1n) is 7.41. The van der Waals surface area contributed by atoms with Crippen LogP contribution in [0.2, 0.25) is 0 Å². The van der Waals surface area contributed by atoms with Crippen molar-refractivity contribution in [1.29, 1.82) is 0 Å². The third-order valence-corrected chi connectivity index (χ3v) is 5.90. The van der Waals surface area contributed by atoms with E-state index < -0.39 is 11.4 Å². The highest BCUT2D eigenvalue weighted by Crippen LogP contribution is 2.65. The van der Waals surface area contributed by atoms with Gasteiger partial charge in [0.25, 0.3) is 0 Å². The van der Waals surface area contributed by atoms with E-state index in [-0.39, 0.29) is 5.41 Å². The highest BCUT2D eigenvalue weighted by atomic mass is 16.4. The normalized spacial score (nSPS) is 43.4. The first-order chi connectivity index (χ1) is 9.12. The van der Waals surface area contributed by atoms with E-state index >= 15 is 0 Å². The molecule has 4 saturated carbocycles. The topological polar surface area (TPSA) is 37.3 Å². The van der Waals surface area contributed by atoms with E-state index in [0.717, 1.165) is 19.3 Å². The van der Waals surface area contributed by atoms with Gasteiger partial charge < -0.3 is 5.11 Å². The van der Waals surface area contributed by atoms with E-state index in [9.17, 15) is 9.90 Å². The predicted octanol–water partition coefficient (Wildman–Crippen LogP) is 3.61. The standard InChI is InChI=1S/C17H20O2/c18-15(19)17-9-12-6-13(10-17)8-16(7-12,11-17)14-4-2-1-3-5-14/h1-5,12-13H,6-11H2,(H,18,19)/t12-,13+,16?,17?. The fourth-order valence-electron chi connectivity index (χ4n) is 5.64. The van der Waals surface area contributed by atoms with Crippen LogP contribution < -0.4 is 0 Å². The average molecular weight is 256 g/mol. The van der Waals surface area contributed by atoms with E-state index in [2.05, 4.69) is 30.3 Å². The molecule has 0 saturated heterocycles. The fourth-order valence-corrected chi connectivity index (χ4v) is 5.64. The molecule has 0 radical (unpaired) electrons. The monoisotopic (exact) mass is 256 g/mol. The van der Waals surface area contributed by atoms with Gasteiger partial charge in [-0.25, -0.2) is 0 Å². The van der Waals surface area contributed by atoms with Gasteiger partial charge in [-0.2, -0.15) is 0 Å². The average Bonchev–Trinajstić information content (AvgIpc) is 2.38. The molecule has 100 valence electrons. The summed E-state index contributed by atoms with van der Waals surface area (Å²) in [4.78, 5) is 11.8. The van der Waals surface area contributed by atoms with Gasteiger partial charge in [0.2, 0.25) is 0 Å². The van der Waals surface area contributed by atoms with Crippen LogP contribution >= 0.6 is 0 Å². The molecule has 0 aromatic heterocycles. The van der Waals surface area contributed by atoms with Crippen molar-refractivity contribution in [3.05, 3.63) is 35.9 Å². The summed E-state index contributed by atoms with van der Waals surface area (Å²) in [7, 11) is 0. The van der Waals surface area contributed by atoms with Gasteiger partial charge in [0.1, 0.15) is 0 Å². The lowest BCUT2D eigenvalue weighted by Gasteiger charge is -2.60. The van der Waals surface area contributed by atoms with Gasteiger partial charge in [-0.3, -0.25) is 4.79 Å². The number of aliphatic carboxylic acids is 1. The molecule has 4 aliphatic carbocycles. The van der Waals surface area contributed by atoms with E-state index in [1.54, 1.807) is 0 Å². The zero-order valence-corrected chi connectivity index (χ0v) is 11.1. The summed E-state index contributed by atoms with van der Waals surface area (Å²) in [5.74, 6) is 0.733. The summed E-state index contributed by atoms with van der Waals surface area (Å²) < 4.78 is 0. The molecule has 4 fully saturated rings. The van der Waals surface area contributed by atoms with Gasteiger partial charge in [0.15, 0.2) is 0 Å². The van der Waals surface area contributed by atoms with Crippen molar-refractivity contribution >= 4 is 5.97 Å². The van der Waals surface area contributed by atoms with Crippen LogP contribution in [0.5, 0.6) is 0 Å².